The summed E-state index contributed by atoms with van der Waals surface area (Å²) >= 11 is 6.21. The van der Waals surface area contributed by atoms with Crippen molar-refractivity contribution >= 4 is 44.8 Å². The second-order valence-corrected chi connectivity index (χ2v) is 8.11. The van der Waals surface area contributed by atoms with Gasteiger partial charge in [-0.3, -0.25) is 10.3 Å². The fourth-order valence-electron chi connectivity index (χ4n) is 3.61. The number of nitrogens with one attached hydrogen (secondary N) is 2. The van der Waals surface area contributed by atoms with Crippen LogP contribution in [-0.4, -0.2) is 46.6 Å². The molecule has 130 valence electrons. The van der Waals surface area contributed by atoms with Gasteiger partial charge in [-0.1, -0.05) is 25.1 Å². The zero-order chi connectivity index (χ0) is 16.9. The van der Waals surface area contributed by atoms with E-state index in [1.807, 2.05) is 12.1 Å². The standard InChI is InChI=1S/C17H25N5S2/c18-16(19)24-17(23)20-13-5-7-15(8-6-13)22-11-9-21(10-12-22)14-3-1-2-4-14/h5-8,14H,1-4,9-12H2,(H3,18,19)(H,20,23). The molecular weight excluding hydrogens is 338 g/mol. The van der Waals surface area contributed by atoms with Crippen molar-refractivity contribution in [3.63, 3.8) is 0 Å². The number of nitrogens with zero attached hydrogens (tertiary/aromatic N) is 2. The van der Waals surface area contributed by atoms with Crippen LogP contribution in [0.4, 0.5) is 11.4 Å². The van der Waals surface area contributed by atoms with Gasteiger partial charge in [0.05, 0.1) is 0 Å². The molecule has 1 saturated heterocycles. The Bertz CT molecular complexity index is 575. The van der Waals surface area contributed by atoms with Crippen molar-refractivity contribution in [2.45, 2.75) is 31.7 Å². The summed E-state index contributed by atoms with van der Waals surface area (Å²) in [4.78, 5) is 5.13. The third kappa shape index (κ3) is 4.62. The predicted molar refractivity (Wildman–Crippen MR) is 108 cm³/mol. The molecule has 1 aliphatic carbocycles. The van der Waals surface area contributed by atoms with E-state index in [1.54, 1.807) is 0 Å². The summed E-state index contributed by atoms with van der Waals surface area (Å²) in [6.07, 6.45) is 5.59. The minimum absolute atomic E-state index is 0.00394. The zero-order valence-corrected chi connectivity index (χ0v) is 15.5. The lowest BCUT2D eigenvalue weighted by molar-refractivity contribution is 0.187. The zero-order valence-electron chi connectivity index (χ0n) is 13.8. The van der Waals surface area contributed by atoms with Gasteiger partial charge in [0.2, 0.25) is 0 Å². The number of thioether (sulfide) groups is 1. The lowest BCUT2D eigenvalue weighted by atomic mass is 10.1. The number of thiocarbonyl (C=S) groups is 1. The van der Waals surface area contributed by atoms with E-state index >= 15 is 0 Å². The van der Waals surface area contributed by atoms with Crippen molar-refractivity contribution in [3.05, 3.63) is 24.3 Å². The summed E-state index contributed by atoms with van der Waals surface area (Å²) in [5.74, 6) is 0. The summed E-state index contributed by atoms with van der Waals surface area (Å²) in [7, 11) is 0. The summed E-state index contributed by atoms with van der Waals surface area (Å²) in [5.41, 5.74) is 7.53. The molecule has 1 heterocycles. The van der Waals surface area contributed by atoms with Gasteiger partial charge in [0.1, 0.15) is 4.32 Å². The molecule has 2 aliphatic rings. The van der Waals surface area contributed by atoms with E-state index in [0.29, 0.717) is 4.32 Å². The van der Waals surface area contributed by atoms with Gasteiger partial charge < -0.3 is 16.0 Å². The highest BCUT2D eigenvalue weighted by Crippen LogP contribution is 2.26. The normalized spacial score (nSPS) is 19.4. The molecule has 0 spiro atoms. The predicted octanol–water partition coefficient (Wildman–Crippen LogP) is 3.07. The Morgan fingerprint density at radius 1 is 1.12 bits per heavy atom. The second kappa shape index (κ2) is 8.18. The molecule has 5 nitrogen and oxygen atoms in total. The monoisotopic (exact) mass is 363 g/mol. The number of amidine groups is 1. The van der Waals surface area contributed by atoms with Crippen LogP contribution in [0.2, 0.25) is 0 Å². The number of nitrogens with two attached hydrogens (primary N) is 1. The highest BCUT2D eigenvalue weighted by molar-refractivity contribution is 8.33. The van der Waals surface area contributed by atoms with Crippen molar-refractivity contribution in [2.24, 2.45) is 5.73 Å². The smallest absolute Gasteiger partial charge is 0.158 e. The summed E-state index contributed by atoms with van der Waals surface area (Å²) < 4.78 is 0.500. The highest BCUT2D eigenvalue weighted by Gasteiger charge is 2.26. The molecule has 24 heavy (non-hydrogen) atoms. The molecule has 0 aromatic heterocycles. The molecule has 7 heteroatoms. The third-order valence-corrected chi connectivity index (χ3v) is 5.70. The van der Waals surface area contributed by atoms with Gasteiger partial charge in [-0.25, -0.2) is 0 Å². The van der Waals surface area contributed by atoms with Crippen LogP contribution in [0, 0.1) is 5.41 Å². The largest absolute Gasteiger partial charge is 0.378 e. The van der Waals surface area contributed by atoms with E-state index < -0.39 is 0 Å². The Morgan fingerprint density at radius 2 is 1.75 bits per heavy atom. The lowest BCUT2D eigenvalue weighted by Crippen LogP contribution is -2.49. The van der Waals surface area contributed by atoms with E-state index in [4.69, 9.17) is 23.4 Å². The number of piperazine rings is 1. The number of hydrogen-bond acceptors (Lipinski definition) is 5. The highest BCUT2D eigenvalue weighted by atomic mass is 32.2. The molecule has 1 aliphatic heterocycles. The minimum atomic E-state index is 0.00394. The number of anilines is 2. The van der Waals surface area contributed by atoms with Crippen molar-refractivity contribution in [2.75, 3.05) is 36.4 Å². The van der Waals surface area contributed by atoms with Crippen molar-refractivity contribution in [3.8, 4) is 0 Å². The van der Waals surface area contributed by atoms with E-state index in [0.717, 1.165) is 36.6 Å². The summed E-state index contributed by atoms with van der Waals surface area (Å²) in [6, 6.07) is 9.17. The molecule has 0 amide bonds. The van der Waals surface area contributed by atoms with Gasteiger partial charge in [-0.05, 0) is 48.9 Å². The maximum atomic E-state index is 7.24. The van der Waals surface area contributed by atoms with Crippen LogP contribution >= 0.6 is 24.0 Å². The molecule has 0 radical (unpaired) electrons. The molecule has 1 saturated carbocycles. The van der Waals surface area contributed by atoms with Gasteiger partial charge >= 0.3 is 0 Å². The summed E-state index contributed by atoms with van der Waals surface area (Å²) in [5, 5.41) is 10.3. The molecule has 1 aromatic rings. The summed E-state index contributed by atoms with van der Waals surface area (Å²) in [6.45, 7) is 4.54. The SMILES string of the molecule is N=C(N)SC(=S)Nc1ccc(N2CCN(C3CCCC3)CC2)cc1. The van der Waals surface area contributed by atoms with Crippen molar-refractivity contribution in [1.29, 1.82) is 5.41 Å². The molecular formula is C17H25N5S2. The van der Waals surface area contributed by atoms with Crippen LogP contribution < -0.4 is 16.0 Å². The Labute approximate surface area is 153 Å². The molecule has 3 rings (SSSR count). The Balaban J connectivity index is 1.51. The van der Waals surface area contributed by atoms with Gasteiger partial charge in [0.25, 0.3) is 0 Å². The van der Waals surface area contributed by atoms with Crippen molar-refractivity contribution in [1.82, 2.24) is 4.90 Å². The van der Waals surface area contributed by atoms with E-state index in [1.165, 1.54) is 44.5 Å². The number of rotatable bonds is 3. The first kappa shape index (κ1) is 17.5. The van der Waals surface area contributed by atoms with Gasteiger partial charge in [0.15, 0.2) is 5.17 Å². The lowest BCUT2D eigenvalue weighted by Gasteiger charge is -2.39. The van der Waals surface area contributed by atoms with Gasteiger partial charge in [-0.15, -0.1) is 0 Å². The molecule has 0 unspecified atom stereocenters. The Kier molecular flexibility index (Phi) is 5.97. The first-order chi connectivity index (χ1) is 11.6. The van der Waals surface area contributed by atoms with E-state index in [9.17, 15) is 0 Å². The molecule has 4 N–H and O–H groups in total. The van der Waals surface area contributed by atoms with Crippen LogP contribution in [0.3, 0.4) is 0 Å². The average molecular weight is 364 g/mol. The molecule has 0 bridgehead atoms. The van der Waals surface area contributed by atoms with Crippen LogP contribution in [0.15, 0.2) is 24.3 Å². The minimum Gasteiger partial charge on any atom is -0.378 e. The Hall–Kier alpha value is -1.31. The number of hydrogen-bond donors (Lipinski definition) is 3. The maximum Gasteiger partial charge on any atom is 0.158 e. The van der Waals surface area contributed by atoms with E-state index in [2.05, 4.69) is 27.2 Å². The van der Waals surface area contributed by atoms with Gasteiger partial charge in [-0.2, -0.15) is 0 Å². The average Bonchev–Trinajstić information content (AvgIpc) is 3.09. The Morgan fingerprint density at radius 3 is 2.33 bits per heavy atom. The van der Waals surface area contributed by atoms with Crippen LogP contribution in [0.1, 0.15) is 25.7 Å². The first-order valence-electron chi connectivity index (χ1n) is 8.54. The third-order valence-electron chi connectivity index (χ3n) is 4.84. The molecule has 1 aromatic carbocycles. The molecule has 2 fully saturated rings. The quantitative estimate of drug-likeness (QED) is 0.436. The van der Waals surface area contributed by atoms with Crippen LogP contribution in [-0.2, 0) is 0 Å². The van der Waals surface area contributed by atoms with Crippen molar-refractivity contribution < 1.29 is 0 Å². The van der Waals surface area contributed by atoms with Gasteiger partial charge in [0, 0.05) is 43.6 Å². The first-order valence-corrected chi connectivity index (χ1v) is 9.76. The fourth-order valence-corrected chi connectivity index (χ4v) is 4.37. The topological polar surface area (TPSA) is 68.4 Å². The van der Waals surface area contributed by atoms with E-state index in [-0.39, 0.29) is 5.17 Å². The molecule has 0 atom stereocenters. The second-order valence-electron chi connectivity index (χ2n) is 6.39. The maximum absolute atomic E-state index is 7.24. The number of benzene rings is 1. The fraction of sp³-hybridized carbons (Fsp3) is 0.529. The van der Waals surface area contributed by atoms with Crippen LogP contribution in [0.5, 0.6) is 0 Å². The van der Waals surface area contributed by atoms with Crippen LogP contribution in [0.25, 0.3) is 0 Å².